The second kappa shape index (κ2) is 10.8. The first-order valence-corrected chi connectivity index (χ1v) is 15.6. The Hall–Kier alpha value is -2.99. The lowest BCUT2D eigenvalue weighted by molar-refractivity contribution is -0.122. The Labute approximate surface area is 254 Å². The van der Waals surface area contributed by atoms with Gasteiger partial charge in [0.1, 0.15) is 11.8 Å². The lowest BCUT2D eigenvalue weighted by Crippen LogP contribution is -2.33. The number of carbonyl (C=O) groups excluding carboxylic acids is 3. The van der Waals surface area contributed by atoms with E-state index in [1.54, 1.807) is 24.3 Å². The number of nitrogens with one attached hydrogen (secondary N) is 1. The number of anilines is 2. The highest BCUT2D eigenvalue weighted by Crippen LogP contribution is 2.54. The van der Waals surface area contributed by atoms with Crippen molar-refractivity contribution in [1.82, 2.24) is 4.57 Å². The normalized spacial score (nSPS) is 19.9. The number of carbonyl (C=O) groups is 3. The summed E-state index contributed by atoms with van der Waals surface area (Å²) in [6, 6.07) is 22.0. The first-order chi connectivity index (χ1) is 19.2. The maximum atomic E-state index is 13.9. The van der Waals surface area contributed by atoms with E-state index in [-0.39, 0.29) is 29.1 Å². The summed E-state index contributed by atoms with van der Waals surface area (Å²) in [5, 5.41) is 2.66. The molecule has 202 valence electrons. The fourth-order valence-corrected chi connectivity index (χ4v) is 8.41. The fraction of sp³-hybridized carbons (Fsp3) is 0.172. The zero-order chi connectivity index (χ0) is 28.1. The predicted molar refractivity (Wildman–Crippen MR) is 164 cm³/mol. The molecule has 7 nitrogen and oxygen atoms in total. The van der Waals surface area contributed by atoms with Gasteiger partial charge in [0.05, 0.1) is 16.6 Å². The second-order valence-electron chi connectivity index (χ2n) is 9.62. The van der Waals surface area contributed by atoms with E-state index < -0.39 is 17.1 Å². The van der Waals surface area contributed by atoms with Crippen LogP contribution in [0.25, 0.3) is 0 Å². The van der Waals surface area contributed by atoms with Gasteiger partial charge in [0.15, 0.2) is 0 Å². The molecule has 11 heteroatoms. The average Bonchev–Trinajstić information content (AvgIpc) is 3.37. The lowest BCUT2D eigenvalue weighted by Gasteiger charge is -2.30. The van der Waals surface area contributed by atoms with Gasteiger partial charge in [-0.15, -0.1) is 0 Å². The van der Waals surface area contributed by atoms with E-state index in [0.717, 1.165) is 31.4 Å². The Morgan fingerprint density at radius 2 is 1.50 bits per heavy atom. The largest absolute Gasteiger partial charge is 0.325 e. The number of aromatic nitrogens is 1. The molecule has 0 bridgehead atoms. The molecule has 6 rings (SSSR count). The van der Waals surface area contributed by atoms with E-state index in [9.17, 15) is 19.2 Å². The van der Waals surface area contributed by atoms with E-state index in [1.165, 1.54) is 21.2 Å². The van der Waals surface area contributed by atoms with Crippen molar-refractivity contribution in [1.29, 1.82) is 0 Å². The molecule has 40 heavy (non-hydrogen) atoms. The van der Waals surface area contributed by atoms with Crippen molar-refractivity contribution in [3.05, 3.63) is 107 Å². The fourth-order valence-electron chi connectivity index (χ4n) is 5.11. The molecule has 1 N–H and O–H groups in total. The third-order valence-electron chi connectivity index (χ3n) is 7.00. The molecular formula is C29H21Br2N3O4S2. The number of imide groups is 1. The molecule has 3 heterocycles. The van der Waals surface area contributed by atoms with Gasteiger partial charge in [0.2, 0.25) is 17.7 Å². The maximum Gasteiger partial charge on any atom is 0.308 e. The summed E-state index contributed by atoms with van der Waals surface area (Å²) in [4.78, 5) is 55.6. The first-order valence-electron chi connectivity index (χ1n) is 12.4. The summed E-state index contributed by atoms with van der Waals surface area (Å²) >= 11 is 9.10. The number of rotatable bonds is 5. The van der Waals surface area contributed by atoms with Crippen LogP contribution in [0.3, 0.4) is 0 Å². The van der Waals surface area contributed by atoms with E-state index in [4.69, 9.17) is 0 Å². The highest BCUT2D eigenvalue weighted by molar-refractivity contribution is 9.10. The van der Waals surface area contributed by atoms with Crippen molar-refractivity contribution >= 4 is 84.1 Å². The van der Waals surface area contributed by atoms with Gasteiger partial charge in [0, 0.05) is 25.4 Å². The number of thioether (sulfide) groups is 1. The quantitative estimate of drug-likeness (QED) is 0.252. The van der Waals surface area contributed by atoms with Crippen molar-refractivity contribution in [3.8, 4) is 0 Å². The van der Waals surface area contributed by atoms with Crippen LogP contribution in [0, 0.1) is 12.8 Å². The maximum absolute atomic E-state index is 13.9. The second-order valence-corrected chi connectivity index (χ2v) is 13.6. The molecular weight excluding hydrogens is 678 g/mol. The summed E-state index contributed by atoms with van der Waals surface area (Å²) in [6.45, 7) is 1.76. The van der Waals surface area contributed by atoms with Crippen LogP contribution in [-0.4, -0.2) is 27.5 Å². The van der Waals surface area contributed by atoms with Gasteiger partial charge in [-0.25, -0.2) is 4.90 Å². The van der Waals surface area contributed by atoms with Crippen LogP contribution in [-0.2, 0) is 20.9 Å². The number of fused-ring (bicyclic) bond motifs is 2. The van der Waals surface area contributed by atoms with Gasteiger partial charge in [-0.2, -0.15) is 0 Å². The van der Waals surface area contributed by atoms with Crippen LogP contribution in [0.4, 0.5) is 11.4 Å². The van der Waals surface area contributed by atoms with Gasteiger partial charge in [-0.05, 0) is 61.0 Å². The SMILES string of the molecule is Cc1ccc(NC(=O)Cn2c3c(sc2=O)C(c2ccc(Br)cc2)C2C(=O)N(c4ccc(Br)cc4)C(=O)C2S3)cc1. The van der Waals surface area contributed by atoms with Gasteiger partial charge >= 0.3 is 4.87 Å². The minimum Gasteiger partial charge on any atom is -0.325 e. The minimum atomic E-state index is -0.738. The number of benzene rings is 3. The van der Waals surface area contributed by atoms with E-state index in [2.05, 4.69) is 37.2 Å². The molecule has 1 aromatic heterocycles. The molecule has 0 spiro atoms. The molecule has 4 aromatic rings. The molecule has 1 saturated heterocycles. The van der Waals surface area contributed by atoms with Crippen LogP contribution in [0.5, 0.6) is 0 Å². The van der Waals surface area contributed by atoms with Gasteiger partial charge < -0.3 is 5.32 Å². The number of amides is 3. The molecule has 3 atom stereocenters. The molecule has 3 amide bonds. The third kappa shape index (κ3) is 4.89. The molecule has 2 aliphatic heterocycles. The van der Waals surface area contributed by atoms with Gasteiger partial charge in [0.25, 0.3) is 0 Å². The molecule has 2 aliphatic rings. The molecule has 3 unspecified atom stereocenters. The summed E-state index contributed by atoms with van der Waals surface area (Å²) < 4.78 is 3.14. The van der Waals surface area contributed by atoms with Crippen LogP contribution < -0.4 is 15.1 Å². The third-order valence-corrected chi connectivity index (χ3v) is 10.7. The topological polar surface area (TPSA) is 88.5 Å². The van der Waals surface area contributed by atoms with Crippen molar-refractivity contribution in [2.75, 3.05) is 10.2 Å². The van der Waals surface area contributed by atoms with Crippen molar-refractivity contribution in [2.24, 2.45) is 5.92 Å². The number of nitrogens with zero attached hydrogens (tertiary/aromatic N) is 2. The van der Waals surface area contributed by atoms with E-state index in [0.29, 0.717) is 21.3 Å². The Kier molecular flexibility index (Phi) is 7.32. The van der Waals surface area contributed by atoms with Crippen LogP contribution in [0.15, 0.2) is 91.6 Å². The summed E-state index contributed by atoms with van der Waals surface area (Å²) in [5.41, 5.74) is 3.03. The van der Waals surface area contributed by atoms with Crippen LogP contribution >= 0.6 is 55.0 Å². The standard InChI is InChI=1S/C29H21Br2N3O4S2/c1-15-2-10-19(11-3-15)32-21(35)14-33-28-25(40-29(33)38)22(16-4-6-17(30)7-5-16)23-24(39-28)27(37)34(26(23)36)20-12-8-18(31)9-13-20/h2-13,22-24H,14H2,1H3,(H,32,35). The summed E-state index contributed by atoms with van der Waals surface area (Å²) in [6.07, 6.45) is 0. The summed E-state index contributed by atoms with van der Waals surface area (Å²) in [5.74, 6) is -2.18. The van der Waals surface area contributed by atoms with E-state index in [1.807, 2.05) is 55.5 Å². The predicted octanol–water partition coefficient (Wildman–Crippen LogP) is 6.18. The summed E-state index contributed by atoms with van der Waals surface area (Å²) in [7, 11) is 0. The lowest BCUT2D eigenvalue weighted by atomic mass is 9.83. The molecule has 0 aliphatic carbocycles. The van der Waals surface area contributed by atoms with Crippen molar-refractivity contribution < 1.29 is 14.4 Å². The highest BCUT2D eigenvalue weighted by atomic mass is 79.9. The van der Waals surface area contributed by atoms with Crippen molar-refractivity contribution in [3.63, 3.8) is 0 Å². The highest BCUT2D eigenvalue weighted by Gasteiger charge is 2.56. The zero-order valence-electron chi connectivity index (χ0n) is 21.0. The van der Waals surface area contributed by atoms with Crippen LogP contribution in [0.2, 0.25) is 0 Å². The van der Waals surface area contributed by atoms with Gasteiger partial charge in [-0.3, -0.25) is 23.7 Å². The molecule has 3 aromatic carbocycles. The Balaban J connectivity index is 1.40. The Morgan fingerprint density at radius 1 is 0.875 bits per heavy atom. The zero-order valence-corrected chi connectivity index (χ0v) is 25.8. The monoisotopic (exact) mass is 697 g/mol. The number of thiazole rings is 1. The Bertz CT molecular complexity index is 1700. The number of aryl methyl sites for hydroxylation is 1. The van der Waals surface area contributed by atoms with Crippen LogP contribution in [0.1, 0.15) is 21.9 Å². The van der Waals surface area contributed by atoms with Gasteiger partial charge in [-0.1, -0.05) is 84.8 Å². The molecule has 0 saturated carbocycles. The first kappa shape index (κ1) is 27.2. The Morgan fingerprint density at radius 3 is 2.15 bits per heavy atom. The smallest absolute Gasteiger partial charge is 0.308 e. The number of hydrogen-bond donors (Lipinski definition) is 1. The molecule has 0 radical (unpaired) electrons. The number of halogens is 2. The van der Waals surface area contributed by atoms with Crippen molar-refractivity contribution in [2.45, 2.75) is 29.7 Å². The number of hydrogen-bond acceptors (Lipinski definition) is 6. The van der Waals surface area contributed by atoms with E-state index >= 15 is 0 Å². The molecule has 1 fully saturated rings. The minimum absolute atomic E-state index is 0.200. The average molecular weight is 699 g/mol.